The predicted octanol–water partition coefficient (Wildman–Crippen LogP) is 2.02. The zero-order chi connectivity index (χ0) is 8.43. The van der Waals surface area contributed by atoms with Crippen LogP contribution in [0.15, 0.2) is 23.1 Å². The Morgan fingerprint density at radius 2 is 2.18 bits per heavy atom. The number of halogens is 1. The maximum Gasteiger partial charge on any atom is 0.304 e. The molecule has 0 bridgehead atoms. The Morgan fingerprint density at radius 1 is 1.55 bits per heavy atom. The van der Waals surface area contributed by atoms with E-state index in [1.54, 1.807) is 0 Å². The first-order valence-electron chi connectivity index (χ1n) is 2.74. The van der Waals surface area contributed by atoms with Crippen molar-refractivity contribution >= 4 is 18.3 Å². The van der Waals surface area contributed by atoms with Crippen molar-refractivity contribution in [3.63, 3.8) is 0 Å². The lowest BCUT2D eigenvalue weighted by atomic mass is 10.3. The summed E-state index contributed by atoms with van der Waals surface area (Å²) in [7, 11) is 0. The summed E-state index contributed by atoms with van der Waals surface area (Å²) in [5.74, 6) is -0.859. The highest BCUT2D eigenvalue weighted by Gasteiger charge is 2.12. The van der Waals surface area contributed by atoms with Crippen molar-refractivity contribution in [2.24, 2.45) is 0 Å². The molecule has 1 aromatic rings. The SMILES string of the molecule is O=[N+]([O-])c1ccc(S)cc1F. The minimum absolute atomic E-state index is 0.369. The predicted molar refractivity (Wildman–Crippen MR) is 40.3 cm³/mol. The smallest absolute Gasteiger partial charge is 0.258 e. The van der Waals surface area contributed by atoms with Crippen LogP contribution in [-0.4, -0.2) is 4.92 Å². The molecule has 0 N–H and O–H groups in total. The van der Waals surface area contributed by atoms with E-state index in [0.29, 0.717) is 4.90 Å². The van der Waals surface area contributed by atoms with Crippen molar-refractivity contribution in [3.05, 3.63) is 34.1 Å². The summed E-state index contributed by atoms with van der Waals surface area (Å²) in [5, 5.41) is 10.1. The molecule has 58 valence electrons. The van der Waals surface area contributed by atoms with E-state index >= 15 is 0 Å². The molecule has 1 rings (SSSR count). The van der Waals surface area contributed by atoms with Crippen LogP contribution in [0.5, 0.6) is 0 Å². The maximum absolute atomic E-state index is 12.6. The third-order valence-corrected chi connectivity index (χ3v) is 1.41. The van der Waals surface area contributed by atoms with Gasteiger partial charge in [-0.25, -0.2) is 0 Å². The largest absolute Gasteiger partial charge is 0.304 e. The molecule has 5 heteroatoms. The highest BCUT2D eigenvalue weighted by molar-refractivity contribution is 7.80. The van der Waals surface area contributed by atoms with Crippen LogP contribution in [0.1, 0.15) is 0 Å². The number of benzene rings is 1. The number of hydrogen-bond acceptors (Lipinski definition) is 3. The van der Waals surface area contributed by atoms with Gasteiger partial charge in [0, 0.05) is 11.0 Å². The van der Waals surface area contributed by atoms with E-state index in [1.807, 2.05) is 0 Å². The topological polar surface area (TPSA) is 43.1 Å². The number of hydrogen-bond donors (Lipinski definition) is 1. The van der Waals surface area contributed by atoms with Crippen molar-refractivity contribution in [1.82, 2.24) is 0 Å². The highest BCUT2D eigenvalue weighted by Crippen LogP contribution is 2.19. The Labute approximate surface area is 67.4 Å². The Kier molecular flexibility index (Phi) is 2.09. The van der Waals surface area contributed by atoms with Crippen LogP contribution in [0.4, 0.5) is 10.1 Å². The summed E-state index contributed by atoms with van der Waals surface area (Å²) in [6.07, 6.45) is 0. The minimum Gasteiger partial charge on any atom is -0.258 e. The van der Waals surface area contributed by atoms with Gasteiger partial charge in [0.1, 0.15) is 0 Å². The van der Waals surface area contributed by atoms with Gasteiger partial charge >= 0.3 is 5.69 Å². The van der Waals surface area contributed by atoms with Crippen LogP contribution in [0.2, 0.25) is 0 Å². The molecule has 0 aliphatic rings. The molecule has 0 spiro atoms. The highest BCUT2D eigenvalue weighted by atomic mass is 32.1. The van der Waals surface area contributed by atoms with E-state index in [2.05, 4.69) is 12.6 Å². The first kappa shape index (κ1) is 8.00. The fourth-order valence-electron chi connectivity index (χ4n) is 0.644. The molecule has 0 atom stereocenters. The van der Waals surface area contributed by atoms with Gasteiger partial charge < -0.3 is 0 Å². The summed E-state index contributed by atoms with van der Waals surface area (Å²) in [6.45, 7) is 0. The molecule has 0 saturated heterocycles. The van der Waals surface area contributed by atoms with Gasteiger partial charge in [-0.15, -0.1) is 12.6 Å². The van der Waals surface area contributed by atoms with Crippen LogP contribution in [0, 0.1) is 15.9 Å². The van der Waals surface area contributed by atoms with Crippen LogP contribution in [0.25, 0.3) is 0 Å². The van der Waals surface area contributed by atoms with E-state index in [1.165, 1.54) is 6.07 Å². The average Bonchev–Trinajstić information content (AvgIpc) is 1.85. The van der Waals surface area contributed by atoms with Crippen molar-refractivity contribution in [1.29, 1.82) is 0 Å². The molecule has 0 saturated carbocycles. The van der Waals surface area contributed by atoms with Crippen LogP contribution >= 0.6 is 12.6 Å². The fourth-order valence-corrected chi connectivity index (χ4v) is 0.832. The molecule has 0 aromatic heterocycles. The normalized spacial score (nSPS) is 9.64. The van der Waals surface area contributed by atoms with Crippen LogP contribution in [-0.2, 0) is 0 Å². The zero-order valence-corrected chi connectivity index (χ0v) is 6.22. The Morgan fingerprint density at radius 3 is 2.64 bits per heavy atom. The number of nitro benzene ring substituents is 1. The monoisotopic (exact) mass is 173 g/mol. The number of nitrogens with zero attached hydrogens (tertiary/aromatic N) is 1. The van der Waals surface area contributed by atoms with Gasteiger partial charge in [0.2, 0.25) is 5.82 Å². The van der Waals surface area contributed by atoms with E-state index in [-0.39, 0.29) is 0 Å². The lowest BCUT2D eigenvalue weighted by molar-refractivity contribution is -0.387. The minimum atomic E-state index is -0.859. The van der Waals surface area contributed by atoms with E-state index in [0.717, 1.165) is 12.1 Å². The van der Waals surface area contributed by atoms with Crippen molar-refractivity contribution in [2.75, 3.05) is 0 Å². The fraction of sp³-hybridized carbons (Fsp3) is 0. The number of thiol groups is 1. The summed E-state index contributed by atoms with van der Waals surface area (Å²) in [4.78, 5) is 9.67. The zero-order valence-electron chi connectivity index (χ0n) is 5.32. The second kappa shape index (κ2) is 2.87. The summed E-state index contributed by atoms with van der Waals surface area (Å²) in [5.41, 5.74) is -0.525. The summed E-state index contributed by atoms with van der Waals surface area (Å²) in [6, 6.07) is 3.45. The molecule has 1 aromatic carbocycles. The Hall–Kier alpha value is -1.10. The van der Waals surface area contributed by atoms with Gasteiger partial charge in [0.15, 0.2) is 0 Å². The maximum atomic E-state index is 12.6. The molecule has 0 radical (unpaired) electrons. The van der Waals surface area contributed by atoms with Crippen LogP contribution < -0.4 is 0 Å². The average molecular weight is 173 g/mol. The Bertz CT molecular complexity index is 303. The molecule has 0 heterocycles. The third kappa shape index (κ3) is 1.68. The lowest BCUT2D eigenvalue weighted by Crippen LogP contribution is -1.91. The van der Waals surface area contributed by atoms with Gasteiger partial charge in [-0.1, -0.05) is 0 Å². The molecule has 0 aliphatic heterocycles. The van der Waals surface area contributed by atoms with E-state index < -0.39 is 16.4 Å². The molecule has 0 unspecified atom stereocenters. The Balaban J connectivity index is 3.20. The van der Waals surface area contributed by atoms with Gasteiger partial charge in [-0.3, -0.25) is 10.1 Å². The first-order valence-corrected chi connectivity index (χ1v) is 3.19. The van der Waals surface area contributed by atoms with E-state index in [4.69, 9.17) is 0 Å². The second-order valence-corrected chi connectivity index (χ2v) is 2.41. The molecular formula is C6H4FNO2S. The van der Waals surface area contributed by atoms with Gasteiger partial charge in [0.25, 0.3) is 0 Å². The van der Waals surface area contributed by atoms with Crippen molar-refractivity contribution in [3.8, 4) is 0 Å². The molecule has 0 aliphatic carbocycles. The summed E-state index contributed by atoms with van der Waals surface area (Å²) < 4.78 is 12.6. The number of nitro groups is 1. The summed E-state index contributed by atoms with van der Waals surface area (Å²) >= 11 is 3.81. The van der Waals surface area contributed by atoms with Crippen molar-refractivity contribution in [2.45, 2.75) is 4.90 Å². The third-order valence-electron chi connectivity index (χ3n) is 1.13. The van der Waals surface area contributed by atoms with Gasteiger partial charge in [0.05, 0.1) is 4.92 Å². The molecule has 0 fully saturated rings. The first-order chi connectivity index (χ1) is 5.11. The molecule has 11 heavy (non-hydrogen) atoms. The van der Waals surface area contributed by atoms with Crippen LogP contribution in [0.3, 0.4) is 0 Å². The standard InChI is InChI=1S/C6H4FNO2S/c7-5-3-4(11)1-2-6(5)8(9)10/h1-3,11H. The van der Waals surface area contributed by atoms with Gasteiger partial charge in [-0.2, -0.15) is 4.39 Å². The number of rotatable bonds is 1. The van der Waals surface area contributed by atoms with Crippen molar-refractivity contribution < 1.29 is 9.31 Å². The van der Waals surface area contributed by atoms with Gasteiger partial charge in [-0.05, 0) is 12.1 Å². The molecule has 3 nitrogen and oxygen atoms in total. The van der Waals surface area contributed by atoms with E-state index in [9.17, 15) is 14.5 Å². The second-order valence-electron chi connectivity index (χ2n) is 1.89. The quantitative estimate of drug-likeness (QED) is 0.401. The molecular weight excluding hydrogens is 169 g/mol. The molecule has 0 amide bonds. The lowest BCUT2D eigenvalue weighted by Gasteiger charge is -1.93.